The molecule has 0 aliphatic heterocycles. The van der Waals surface area contributed by atoms with Crippen molar-refractivity contribution in [3.8, 4) is 0 Å². The molecule has 1 aliphatic rings. The second-order valence-electron chi connectivity index (χ2n) is 6.21. The van der Waals surface area contributed by atoms with E-state index in [0.717, 1.165) is 30.0 Å². The Balaban J connectivity index is 1.49. The topological polar surface area (TPSA) is 46.8 Å². The number of aryl methyl sites for hydroxylation is 1. The molecular weight excluding hydrogens is 294 g/mol. The molecule has 2 heterocycles. The fourth-order valence-electron chi connectivity index (χ4n) is 3.08. The van der Waals surface area contributed by atoms with Gasteiger partial charge in [-0.25, -0.2) is 0 Å². The molecule has 0 atom stereocenters. The van der Waals surface area contributed by atoms with Crippen molar-refractivity contribution in [2.75, 3.05) is 7.05 Å². The van der Waals surface area contributed by atoms with E-state index in [1.807, 2.05) is 10.9 Å². The van der Waals surface area contributed by atoms with Crippen LogP contribution < -0.4 is 0 Å². The van der Waals surface area contributed by atoms with Crippen molar-refractivity contribution >= 4 is 22.8 Å². The van der Waals surface area contributed by atoms with Crippen LogP contribution in [0.5, 0.6) is 0 Å². The zero-order chi connectivity index (χ0) is 15.1. The summed E-state index contributed by atoms with van der Waals surface area (Å²) in [6.45, 7) is 1.85. The standard InChI is InChI=1S/C16H19N5S/c1-20(9-11-3-6-14-15(7-11)19-22-18-14)10-13-8-17-21(2)16(13)12-4-5-12/h3,6-8,12H,4-5,9-10H2,1-2H3. The molecule has 0 spiro atoms. The highest BCUT2D eigenvalue weighted by Gasteiger charge is 2.29. The van der Waals surface area contributed by atoms with Gasteiger partial charge in [0.25, 0.3) is 0 Å². The van der Waals surface area contributed by atoms with E-state index in [2.05, 4.69) is 51.0 Å². The zero-order valence-corrected chi connectivity index (χ0v) is 13.7. The van der Waals surface area contributed by atoms with Gasteiger partial charge in [0.1, 0.15) is 11.0 Å². The van der Waals surface area contributed by atoms with Gasteiger partial charge in [-0.1, -0.05) is 6.07 Å². The Morgan fingerprint density at radius 2 is 2.05 bits per heavy atom. The first kappa shape index (κ1) is 13.8. The lowest BCUT2D eigenvalue weighted by molar-refractivity contribution is 0.318. The van der Waals surface area contributed by atoms with Crippen LogP contribution in [0.15, 0.2) is 24.4 Å². The summed E-state index contributed by atoms with van der Waals surface area (Å²) in [5, 5.41) is 4.45. The van der Waals surface area contributed by atoms with Crippen LogP contribution >= 0.6 is 11.7 Å². The van der Waals surface area contributed by atoms with Crippen LogP contribution in [0.2, 0.25) is 0 Å². The van der Waals surface area contributed by atoms with E-state index in [-0.39, 0.29) is 0 Å². The van der Waals surface area contributed by atoms with E-state index < -0.39 is 0 Å². The van der Waals surface area contributed by atoms with Crippen molar-refractivity contribution in [2.45, 2.75) is 31.8 Å². The number of fused-ring (bicyclic) bond motifs is 1. The minimum Gasteiger partial charge on any atom is -0.298 e. The van der Waals surface area contributed by atoms with Gasteiger partial charge in [-0.15, -0.1) is 0 Å². The van der Waals surface area contributed by atoms with Crippen molar-refractivity contribution in [3.05, 3.63) is 41.2 Å². The van der Waals surface area contributed by atoms with E-state index >= 15 is 0 Å². The van der Waals surface area contributed by atoms with E-state index in [1.165, 1.54) is 41.4 Å². The Kier molecular flexibility index (Phi) is 3.43. The van der Waals surface area contributed by atoms with Gasteiger partial charge in [-0.2, -0.15) is 13.8 Å². The van der Waals surface area contributed by atoms with Crippen LogP contribution in [0.1, 0.15) is 35.6 Å². The molecule has 1 aromatic carbocycles. The van der Waals surface area contributed by atoms with Crippen molar-refractivity contribution in [2.24, 2.45) is 7.05 Å². The van der Waals surface area contributed by atoms with E-state index in [9.17, 15) is 0 Å². The van der Waals surface area contributed by atoms with Gasteiger partial charge in [0, 0.05) is 37.3 Å². The van der Waals surface area contributed by atoms with Crippen LogP contribution in [0, 0.1) is 0 Å². The minimum atomic E-state index is 0.730. The summed E-state index contributed by atoms with van der Waals surface area (Å²) in [4.78, 5) is 2.34. The predicted molar refractivity (Wildman–Crippen MR) is 87.8 cm³/mol. The predicted octanol–water partition coefficient (Wildman–Crippen LogP) is 2.93. The second kappa shape index (κ2) is 5.44. The Morgan fingerprint density at radius 1 is 1.23 bits per heavy atom. The summed E-state index contributed by atoms with van der Waals surface area (Å²) in [6, 6.07) is 6.34. The Bertz CT molecular complexity index is 802. The average molecular weight is 313 g/mol. The maximum Gasteiger partial charge on any atom is 0.105 e. The lowest BCUT2D eigenvalue weighted by atomic mass is 10.1. The maximum atomic E-state index is 4.45. The highest BCUT2D eigenvalue weighted by molar-refractivity contribution is 7.00. The van der Waals surface area contributed by atoms with Crippen LogP contribution in [0.3, 0.4) is 0 Å². The van der Waals surface area contributed by atoms with Gasteiger partial charge in [0.2, 0.25) is 0 Å². The average Bonchev–Trinajstić information content (AvgIpc) is 3.10. The van der Waals surface area contributed by atoms with Gasteiger partial charge < -0.3 is 0 Å². The first-order valence-corrected chi connectivity index (χ1v) is 8.34. The van der Waals surface area contributed by atoms with Gasteiger partial charge in [-0.3, -0.25) is 9.58 Å². The van der Waals surface area contributed by atoms with Crippen molar-refractivity contribution < 1.29 is 0 Å². The number of benzene rings is 1. The van der Waals surface area contributed by atoms with E-state index in [0.29, 0.717) is 0 Å². The third-order valence-electron chi connectivity index (χ3n) is 4.24. The SMILES string of the molecule is CN(Cc1ccc2nsnc2c1)Cc1cnn(C)c1C1CC1. The lowest BCUT2D eigenvalue weighted by Crippen LogP contribution is -2.18. The van der Waals surface area contributed by atoms with E-state index in [4.69, 9.17) is 0 Å². The summed E-state index contributed by atoms with van der Waals surface area (Å²) in [5.41, 5.74) is 6.05. The second-order valence-corrected chi connectivity index (χ2v) is 6.74. The molecule has 0 amide bonds. The normalized spacial score (nSPS) is 15.0. The summed E-state index contributed by atoms with van der Waals surface area (Å²) >= 11 is 1.27. The molecule has 0 radical (unpaired) electrons. The smallest absolute Gasteiger partial charge is 0.105 e. The Labute approximate surface area is 133 Å². The first-order valence-electron chi connectivity index (χ1n) is 7.61. The molecule has 114 valence electrons. The van der Waals surface area contributed by atoms with Gasteiger partial charge >= 0.3 is 0 Å². The molecule has 3 aromatic rings. The third-order valence-corrected chi connectivity index (χ3v) is 4.80. The van der Waals surface area contributed by atoms with Crippen molar-refractivity contribution in [1.82, 2.24) is 23.4 Å². The molecule has 4 rings (SSSR count). The summed E-state index contributed by atoms with van der Waals surface area (Å²) < 4.78 is 10.6. The van der Waals surface area contributed by atoms with Crippen molar-refractivity contribution in [3.63, 3.8) is 0 Å². The number of hydrogen-bond acceptors (Lipinski definition) is 5. The number of hydrogen-bond donors (Lipinski definition) is 0. The van der Waals surface area contributed by atoms with E-state index in [1.54, 1.807) is 0 Å². The molecular formula is C16H19N5S. The molecule has 1 saturated carbocycles. The monoisotopic (exact) mass is 313 g/mol. The third kappa shape index (κ3) is 2.64. The molecule has 5 nitrogen and oxygen atoms in total. The number of nitrogens with zero attached hydrogens (tertiary/aromatic N) is 5. The molecule has 1 aliphatic carbocycles. The largest absolute Gasteiger partial charge is 0.298 e. The molecule has 2 aromatic heterocycles. The summed E-state index contributed by atoms with van der Waals surface area (Å²) in [7, 11) is 4.22. The maximum absolute atomic E-state index is 4.45. The molecule has 0 N–H and O–H groups in total. The molecule has 0 unspecified atom stereocenters. The first-order chi connectivity index (χ1) is 10.7. The van der Waals surface area contributed by atoms with Crippen LogP contribution in [-0.4, -0.2) is 30.5 Å². The quantitative estimate of drug-likeness (QED) is 0.726. The van der Waals surface area contributed by atoms with Crippen LogP contribution in [0.25, 0.3) is 11.0 Å². The number of rotatable bonds is 5. The number of aromatic nitrogens is 4. The van der Waals surface area contributed by atoms with Gasteiger partial charge in [-0.05, 0) is 37.6 Å². The zero-order valence-electron chi connectivity index (χ0n) is 12.9. The highest BCUT2D eigenvalue weighted by atomic mass is 32.1. The fraction of sp³-hybridized carbons (Fsp3) is 0.438. The van der Waals surface area contributed by atoms with Crippen LogP contribution in [0.4, 0.5) is 0 Å². The lowest BCUT2D eigenvalue weighted by Gasteiger charge is -2.17. The molecule has 0 bridgehead atoms. The fourth-order valence-corrected chi connectivity index (χ4v) is 3.60. The summed E-state index contributed by atoms with van der Waals surface area (Å²) in [5.74, 6) is 0.730. The minimum absolute atomic E-state index is 0.730. The Hall–Kier alpha value is -1.79. The van der Waals surface area contributed by atoms with Gasteiger partial charge in [0.15, 0.2) is 0 Å². The summed E-state index contributed by atoms with van der Waals surface area (Å²) in [6.07, 6.45) is 4.64. The van der Waals surface area contributed by atoms with Crippen LogP contribution in [-0.2, 0) is 20.1 Å². The highest BCUT2D eigenvalue weighted by Crippen LogP contribution is 2.41. The Morgan fingerprint density at radius 3 is 2.86 bits per heavy atom. The molecule has 1 fully saturated rings. The molecule has 22 heavy (non-hydrogen) atoms. The van der Waals surface area contributed by atoms with Gasteiger partial charge in [0.05, 0.1) is 17.9 Å². The van der Waals surface area contributed by atoms with Crippen molar-refractivity contribution in [1.29, 1.82) is 0 Å². The molecule has 6 heteroatoms. The molecule has 0 saturated heterocycles.